The van der Waals surface area contributed by atoms with Crippen molar-refractivity contribution in [3.63, 3.8) is 0 Å². The van der Waals surface area contributed by atoms with Crippen LogP contribution in [0, 0.1) is 35.3 Å². The molecular weight excluding hydrogens is 444 g/mol. The van der Waals surface area contributed by atoms with Crippen molar-refractivity contribution in [2.24, 2.45) is 0 Å². The van der Waals surface area contributed by atoms with Crippen molar-refractivity contribution in [2.75, 3.05) is 7.11 Å². The van der Waals surface area contributed by atoms with Gasteiger partial charge in [0.05, 0.1) is 38.9 Å². The number of aryl methyl sites for hydroxylation is 1. The molecule has 32 heavy (non-hydrogen) atoms. The number of benzene rings is 2. The Morgan fingerprint density at radius 3 is 2.75 bits per heavy atom. The maximum atomic E-state index is 11.1. The van der Waals surface area contributed by atoms with Crippen molar-refractivity contribution in [3.05, 3.63) is 80.5 Å². The minimum Gasteiger partial charge on any atom is -0.494 e. The van der Waals surface area contributed by atoms with Crippen LogP contribution < -0.4 is 4.74 Å². The largest absolute Gasteiger partial charge is 0.494 e. The first-order valence-corrected chi connectivity index (χ1v) is 11.2. The molecule has 0 saturated carbocycles. The van der Waals surface area contributed by atoms with E-state index in [1.165, 1.54) is 31.0 Å². The van der Waals surface area contributed by atoms with Crippen LogP contribution in [-0.2, 0) is 0 Å². The number of nitro groups is 1. The summed E-state index contributed by atoms with van der Waals surface area (Å²) in [6.45, 7) is 3.88. The lowest BCUT2D eigenvalue weighted by Crippen LogP contribution is -2.03. The number of aromatic nitrogens is 2. The number of hydrogen-bond donors (Lipinski definition) is 0. The minimum atomic E-state index is -0.450. The van der Waals surface area contributed by atoms with Gasteiger partial charge in [-0.2, -0.15) is 5.26 Å². The topological polar surface area (TPSA) is 94.0 Å². The molecule has 7 nitrogen and oxygen atoms in total. The van der Waals surface area contributed by atoms with Gasteiger partial charge in [-0.1, -0.05) is 12.1 Å². The zero-order valence-corrected chi connectivity index (χ0v) is 19.2. The number of nitro benzene ring substituents is 1. The average Bonchev–Trinajstić information content (AvgIpc) is 3.32. The minimum absolute atomic E-state index is 0.0350. The number of methoxy groups -OCH3 is 1. The Bertz CT molecular complexity index is 1380. The molecule has 4 aromatic rings. The molecule has 4 rings (SSSR count). The van der Waals surface area contributed by atoms with E-state index in [2.05, 4.69) is 11.1 Å². The molecule has 0 aliphatic rings. The van der Waals surface area contributed by atoms with Gasteiger partial charge in [0.2, 0.25) is 0 Å². The molecule has 0 fully saturated rings. The van der Waals surface area contributed by atoms with E-state index in [0.29, 0.717) is 16.3 Å². The van der Waals surface area contributed by atoms with Gasteiger partial charge in [-0.15, -0.1) is 11.3 Å². The van der Waals surface area contributed by atoms with Gasteiger partial charge < -0.3 is 9.30 Å². The number of fused-ring (bicyclic) bond motifs is 1. The number of allylic oxidation sites excluding steroid dienone is 1. The van der Waals surface area contributed by atoms with Crippen molar-refractivity contribution >= 4 is 45.1 Å². The second-order valence-electron chi connectivity index (χ2n) is 6.95. The number of thioether (sulfide) groups is 1. The summed E-state index contributed by atoms with van der Waals surface area (Å²) in [5.41, 5.74) is 4.28. The molecule has 0 amide bonds. The summed E-state index contributed by atoms with van der Waals surface area (Å²) in [7, 11) is 1.49. The highest BCUT2D eigenvalue weighted by Crippen LogP contribution is 2.36. The van der Waals surface area contributed by atoms with Crippen molar-refractivity contribution in [1.29, 1.82) is 5.26 Å². The molecular formula is C23H18N4O3S2. The van der Waals surface area contributed by atoms with Crippen LogP contribution in [0.5, 0.6) is 5.75 Å². The second kappa shape index (κ2) is 8.86. The Labute approximate surface area is 192 Å². The van der Waals surface area contributed by atoms with E-state index in [9.17, 15) is 15.4 Å². The van der Waals surface area contributed by atoms with Crippen molar-refractivity contribution in [2.45, 2.75) is 18.2 Å². The summed E-state index contributed by atoms with van der Waals surface area (Å²) in [5, 5.41) is 20.8. The molecule has 2 aromatic heterocycles. The van der Waals surface area contributed by atoms with Gasteiger partial charge in [-0.05, 0) is 61.5 Å². The maximum absolute atomic E-state index is 11.1. The molecule has 0 bridgehead atoms. The summed E-state index contributed by atoms with van der Waals surface area (Å²) in [5.74, 6) is 0.404. The first-order chi connectivity index (χ1) is 15.4. The van der Waals surface area contributed by atoms with Gasteiger partial charge in [-0.25, -0.2) is 4.98 Å². The van der Waals surface area contributed by atoms with Crippen LogP contribution in [0.4, 0.5) is 5.69 Å². The number of nitrogens with zero attached hydrogens (tertiary/aromatic N) is 4. The quantitative estimate of drug-likeness (QED) is 0.145. The number of nitriles is 1. The molecule has 160 valence electrons. The van der Waals surface area contributed by atoms with Gasteiger partial charge >= 0.3 is 0 Å². The average molecular weight is 463 g/mol. The number of ether oxygens (including phenoxy) is 1. The van der Waals surface area contributed by atoms with E-state index in [1.54, 1.807) is 17.4 Å². The summed E-state index contributed by atoms with van der Waals surface area (Å²) < 4.78 is 9.27. The van der Waals surface area contributed by atoms with Gasteiger partial charge in [0.1, 0.15) is 11.8 Å². The fourth-order valence-electron chi connectivity index (χ4n) is 3.48. The fourth-order valence-corrected chi connectivity index (χ4v) is 5.45. The van der Waals surface area contributed by atoms with Crippen LogP contribution in [0.1, 0.15) is 17.0 Å². The molecule has 2 aromatic carbocycles. The first kappa shape index (κ1) is 21.6. The number of hydrogen-bond acceptors (Lipinski definition) is 7. The predicted octanol–water partition coefficient (Wildman–Crippen LogP) is 6.28. The maximum Gasteiger partial charge on any atom is 0.273 e. The van der Waals surface area contributed by atoms with Crippen LogP contribution in [0.3, 0.4) is 0 Å². The van der Waals surface area contributed by atoms with E-state index in [4.69, 9.17) is 4.74 Å². The normalized spacial score (nSPS) is 11.5. The lowest BCUT2D eigenvalue weighted by Gasteiger charge is -2.13. The van der Waals surface area contributed by atoms with E-state index in [0.717, 1.165) is 31.5 Å². The lowest BCUT2D eigenvalue weighted by atomic mass is 10.2. The van der Waals surface area contributed by atoms with Gasteiger partial charge in [0, 0.05) is 17.5 Å². The number of para-hydroxylation sites is 1. The van der Waals surface area contributed by atoms with Gasteiger partial charge in [0.25, 0.3) is 5.69 Å². The van der Waals surface area contributed by atoms with E-state index >= 15 is 0 Å². The molecule has 0 N–H and O–H groups in total. The third-order valence-electron chi connectivity index (χ3n) is 4.95. The SMILES string of the molecule is COc1cc([N+](=O)[O-])ccc1-n1c(C)cc(C=C(C#N)Sc2nc3ccccc3s2)c1C. The van der Waals surface area contributed by atoms with Crippen LogP contribution in [0.15, 0.2) is 57.8 Å². The van der Waals surface area contributed by atoms with E-state index in [-0.39, 0.29) is 5.69 Å². The molecule has 2 heterocycles. The van der Waals surface area contributed by atoms with Crippen molar-refractivity contribution < 1.29 is 9.66 Å². The molecule has 0 aliphatic heterocycles. The van der Waals surface area contributed by atoms with Crippen LogP contribution in [-0.4, -0.2) is 21.6 Å². The number of thiazole rings is 1. The van der Waals surface area contributed by atoms with E-state index < -0.39 is 4.92 Å². The van der Waals surface area contributed by atoms with Crippen LogP contribution >= 0.6 is 23.1 Å². The highest BCUT2D eigenvalue weighted by atomic mass is 32.2. The summed E-state index contributed by atoms with van der Waals surface area (Å²) in [6, 6.07) is 16.7. The predicted molar refractivity (Wildman–Crippen MR) is 128 cm³/mol. The third-order valence-corrected chi connectivity index (χ3v) is 6.98. The molecule has 0 unspecified atom stereocenters. The summed E-state index contributed by atoms with van der Waals surface area (Å²) in [6.07, 6.45) is 1.84. The Hall–Kier alpha value is -3.61. The van der Waals surface area contributed by atoms with Gasteiger partial charge in [0.15, 0.2) is 4.34 Å². The highest BCUT2D eigenvalue weighted by molar-refractivity contribution is 8.05. The Morgan fingerprint density at radius 2 is 2.06 bits per heavy atom. The van der Waals surface area contributed by atoms with Crippen molar-refractivity contribution in [3.8, 4) is 17.5 Å². The molecule has 0 saturated heterocycles. The third kappa shape index (κ3) is 4.10. The zero-order chi connectivity index (χ0) is 22.8. The van der Waals surface area contributed by atoms with Crippen molar-refractivity contribution in [1.82, 2.24) is 9.55 Å². The first-order valence-electron chi connectivity index (χ1n) is 9.58. The summed E-state index contributed by atoms with van der Waals surface area (Å²) >= 11 is 2.89. The van der Waals surface area contributed by atoms with Crippen LogP contribution in [0.25, 0.3) is 22.0 Å². The molecule has 0 spiro atoms. The summed E-state index contributed by atoms with van der Waals surface area (Å²) in [4.78, 5) is 15.8. The monoisotopic (exact) mass is 462 g/mol. The molecule has 0 atom stereocenters. The lowest BCUT2D eigenvalue weighted by molar-refractivity contribution is -0.384. The number of non-ortho nitro benzene ring substituents is 1. The molecule has 9 heteroatoms. The smallest absolute Gasteiger partial charge is 0.273 e. The molecule has 0 aliphatic carbocycles. The number of rotatable bonds is 6. The fraction of sp³-hybridized carbons (Fsp3) is 0.130. The molecule has 0 radical (unpaired) electrons. The Kier molecular flexibility index (Phi) is 5.99. The standard InChI is InChI=1S/C23H18N4O3S2/c1-14-10-16(11-18(13-24)31-23-25-19-6-4-5-7-22(19)32-23)15(2)26(14)20-9-8-17(27(28)29)12-21(20)30-3/h4-12H,1-3H3. The van der Waals surface area contributed by atoms with E-state index in [1.807, 2.05) is 54.8 Å². The zero-order valence-electron chi connectivity index (χ0n) is 17.5. The van der Waals surface area contributed by atoms with Gasteiger partial charge in [-0.3, -0.25) is 10.1 Å². The Morgan fingerprint density at radius 1 is 1.28 bits per heavy atom. The highest BCUT2D eigenvalue weighted by Gasteiger charge is 2.17. The second-order valence-corrected chi connectivity index (χ2v) is 9.26. The Balaban J connectivity index is 1.71. The van der Waals surface area contributed by atoms with Crippen LogP contribution in [0.2, 0.25) is 0 Å².